The summed E-state index contributed by atoms with van der Waals surface area (Å²) in [5, 5.41) is 8.38. The molecule has 31 heavy (non-hydrogen) atoms. The van der Waals surface area contributed by atoms with Crippen LogP contribution in [0.5, 0.6) is 0 Å². The lowest BCUT2D eigenvalue weighted by atomic mass is 10.0. The maximum atomic E-state index is 5.70. The van der Waals surface area contributed by atoms with E-state index in [1.54, 1.807) is 0 Å². The summed E-state index contributed by atoms with van der Waals surface area (Å²) in [6, 6.07) is 19.7. The third-order valence-corrected chi connectivity index (χ3v) is 5.03. The molecule has 3 aromatic rings. The Morgan fingerprint density at radius 3 is 2.48 bits per heavy atom. The monoisotopic (exact) mass is 480 g/mol. The molecule has 0 unspecified atom stereocenters. The molecule has 1 aromatic carbocycles. The molecule has 3 rings (SSSR count). The summed E-state index contributed by atoms with van der Waals surface area (Å²) in [6.07, 6.45) is 1.56. The zero-order valence-electron chi connectivity index (χ0n) is 17.9. The molecular formula is C24H25BrN4O2. The minimum Gasteiger partial charge on any atom is -0.399 e. The van der Waals surface area contributed by atoms with Crippen LogP contribution in [0.4, 0.5) is 0 Å². The van der Waals surface area contributed by atoms with Gasteiger partial charge in [0.1, 0.15) is 29.7 Å². The molecule has 0 saturated carbocycles. The Bertz CT molecular complexity index is 1080. The number of benzene rings is 1. The highest BCUT2D eigenvalue weighted by molar-refractivity contribution is 9.10. The Morgan fingerprint density at radius 2 is 1.71 bits per heavy atom. The molecule has 0 fully saturated rings. The zero-order valence-corrected chi connectivity index (χ0v) is 19.5. The molecule has 6 nitrogen and oxygen atoms in total. The summed E-state index contributed by atoms with van der Waals surface area (Å²) in [5.74, 6) is 0. The molecule has 0 aliphatic carbocycles. The summed E-state index contributed by atoms with van der Waals surface area (Å²) >= 11 is 3.44. The van der Waals surface area contributed by atoms with Gasteiger partial charge in [0, 0.05) is 11.3 Å². The quantitative estimate of drug-likeness (QED) is 0.180. The van der Waals surface area contributed by atoms with Crippen LogP contribution in [0.25, 0.3) is 0 Å². The standard InChI is InChI=1S/C24H25BrN4O2/c1-17-9-4-5-12-20(17)24(22-14-7-15-23(25)27-22)29-31-16-8-11-19-10-6-13-21(26-19)18(2)28-30-3/h4-7,9-10,12-15H,8,11,16H2,1-3H3/b28-18+,29-24+. The highest BCUT2D eigenvalue weighted by atomic mass is 79.9. The summed E-state index contributed by atoms with van der Waals surface area (Å²) in [4.78, 5) is 19.7. The molecule has 0 amide bonds. The normalized spacial score (nSPS) is 12.0. The largest absolute Gasteiger partial charge is 0.399 e. The Morgan fingerprint density at radius 1 is 0.935 bits per heavy atom. The fourth-order valence-electron chi connectivity index (χ4n) is 3.04. The molecule has 0 aliphatic rings. The Labute approximate surface area is 191 Å². The number of hydrogen-bond donors (Lipinski definition) is 0. The van der Waals surface area contributed by atoms with Crippen molar-refractivity contribution in [1.82, 2.24) is 9.97 Å². The van der Waals surface area contributed by atoms with Crippen LogP contribution >= 0.6 is 15.9 Å². The van der Waals surface area contributed by atoms with E-state index in [1.165, 1.54) is 7.11 Å². The molecule has 2 heterocycles. The van der Waals surface area contributed by atoms with Gasteiger partial charge in [-0.1, -0.05) is 46.7 Å². The van der Waals surface area contributed by atoms with Gasteiger partial charge in [-0.3, -0.25) is 4.98 Å². The first-order valence-corrected chi connectivity index (χ1v) is 10.8. The molecule has 2 aromatic heterocycles. The van der Waals surface area contributed by atoms with Crippen molar-refractivity contribution in [3.8, 4) is 0 Å². The summed E-state index contributed by atoms with van der Waals surface area (Å²) in [6.45, 7) is 4.40. The average molecular weight is 481 g/mol. The molecule has 160 valence electrons. The van der Waals surface area contributed by atoms with Gasteiger partial charge in [-0.2, -0.15) is 0 Å². The number of hydrogen-bond acceptors (Lipinski definition) is 6. The number of aryl methyl sites for hydroxylation is 2. The minimum atomic E-state index is 0.473. The Balaban J connectivity index is 1.68. The van der Waals surface area contributed by atoms with Crippen LogP contribution in [0.15, 0.2) is 75.6 Å². The lowest BCUT2D eigenvalue weighted by molar-refractivity contribution is 0.142. The van der Waals surface area contributed by atoms with Crippen molar-refractivity contribution in [3.63, 3.8) is 0 Å². The number of rotatable bonds is 9. The number of nitrogens with zero attached hydrogens (tertiary/aromatic N) is 4. The second-order valence-corrected chi connectivity index (χ2v) is 7.72. The summed E-state index contributed by atoms with van der Waals surface area (Å²) in [7, 11) is 1.53. The second-order valence-electron chi connectivity index (χ2n) is 6.91. The van der Waals surface area contributed by atoms with Crippen molar-refractivity contribution in [2.24, 2.45) is 10.3 Å². The summed E-state index contributed by atoms with van der Waals surface area (Å²) in [5.41, 5.74) is 6.10. The van der Waals surface area contributed by atoms with Gasteiger partial charge in [0.25, 0.3) is 0 Å². The fraction of sp³-hybridized carbons (Fsp3) is 0.250. The topological polar surface area (TPSA) is 69.0 Å². The maximum Gasteiger partial charge on any atom is 0.135 e. The van der Waals surface area contributed by atoms with Crippen LogP contribution in [-0.4, -0.2) is 35.1 Å². The third kappa shape index (κ3) is 6.46. The van der Waals surface area contributed by atoms with Gasteiger partial charge < -0.3 is 9.68 Å². The first-order valence-electron chi connectivity index (χ1n) is 10.0. The van der Waals surface area contributed by atoms with Crippen molar-refractivity contribution in [2.75, 3.05) is 13.7 Å². The maximum absolute atomic E-state index is 5.70. The average Bonchev–Trinajstić information content (AvgIpc) is 2.77. The molecule has 0 saturated heterocycles. The number of aromatic nitrogens is 2. The Hall–Kier alpha value is -3.06. The van der Waals surface area contributed by atoms with Gasteiger partial charge in [-0.05, 0) is 72.4 Å². The van der Waals surface area contributed by atoms with E-state index in [2.05, 4.69) is 49.2 Å². The lowest BCUT2D eigenvalue weighted by Gasteiger charge is -2.10. The molecule has 0 N–H and O–H groups in total. The number of halogens is 1. The van der Waals surface area contributed by atoms with Crippen LogP contribution in [0.3, 0.4) is 0 Å². The van der Waals surface area contributed by atoms with Crippen molar-refractivity contribution in [3.05, 3.63) is 93.5 Å². The van der Waals surface area contributed by atoms with E-state index in [1.807, 2.05) is 61.5 Å². The van der Waals surface area contributed by atoms with Crippen molar-refractivity contribution in [2.45, 2.75) is 26.7 Å². The van der Waals surface area contributed by atoms with Gasteiger partial charge in [-0.15, -0.1) is 0 Å². The van der Waals surface area contributed by atoms with E-state index in [0.717, 1.165) is 51.4 Å². The highest BCUT2D eigenvalue weighted by Gasteiger charge is 2.12. The van der Waals surface area contributed by atoms with Crippen molar-refractivity contribution in [1.29, 1.82) is 0 Å². The molecule has 0 spiro atoms. The van der Waals surface area contributed by atoms with Crippen LogP contribution < -0.4 is 0 Å². The van der Waals surface area contributed by atoms with Crippen molar-refractivity contribution >= 4 is 27.4 Å². The van der Waals surface area contributed by atoms with Crippen LogP contribution in [0, 0.1) is 6.92 Å². The fourth-order valence-corrected chi connectivity index (χ4v) is 3.39. The van der Waals surface area contributed by atoms with E-state index in [4.69, 9.17) is 9.68 Å². The van der Waals surface area contributed by atoms with Gasteiger partial charge in [-0.25, -0.2) is 4.98 Å². The van der Waals surface area contributed by atoms with E-state index in [-0.39, 0.29) is 0 Å². The molecular weight excluding hydrogens is 456 g/mol. The van der Waals surface area contributed by atoms with Gasteiger partial charge in [0.2, 0.25) is 0 Å². The first-order chi connectivity index (χ1) is 15.1. The highest BCUT2D eigenvalue weighted by Crippen LogP contribution is 2.16. The molecule has 0 aliphatic heterocycles. The van der Waals surface area contributed by atoms with Crippen LogP contribution in [0.2, 0.25) is 0 Å². The van der Waals surface area contributed by atoms with E-state index >= 15 is 0 Å². The van der Waals surface area contributed by atoms with Gasteiger partial charge >= 0.3 is 0 Å². The third-order valence-electron chi connectivity index (χ3n) is 4.59. The molecule has 0 radical (unpaired) electrons. The predicted molar refractivity (Wildman–Crippen MR) is 126 cm³/mol. The second kappa shape index (κ2) is 11.4. The number of oxime groups is 2. The predicted octanol–water partition coefficient (Wildman–Crippen LogP) is 5.32. The Kier molecular flexibility index (Phi) is 8.29. The SMILES string of the molecule is CO/N=C(\C)c1cccc(CCCO/N=C(/c2cccc(Br)n2)c2ccccc2C)n1. The minimum absolute atomic E-state index is 0.473. The van der Waals surface area contributed by atoms with E-state index < -0.39 is 0 Å². The van der Waals surface area contributed by atoms with Crippen LogP contribution in [-0.2, 0) is 16.1 Å². The van der Waals surface area contributed by atoms with E-state index in [0.29, 0.717) is 12.3 Å². The van der Waals surface area contributed by atoms with Crippen LogP contribution in [0.1, 0.15) is 41.6 Å². The van der Waals surface area contributed by atoms with E-state index in [9.17, 15) is 0 Å². The lowest BCUT2D eigenvalue weighted by Crippen LogP contribution is -2.09. The summed E-state index contributed by atoms with van der Waals surface area (Å²) < 4.78 is 0.754. The van der Waals surface area contributed by atoms with Crippen molar-refractivity contribution < 1.29 is 9.68 Å². The number of pyridine rings is 2. The van der Waals surface area contributed by atoms with Gasteiger partial charge in [0.05, 0.1) is 11.4 Å². The molecule has 7 heteroatoms. The smallest absolute Gasteiger partial charge is 0.135 e. The zero-order chi connectivity index (χ0) is 22.1. The van der Waals surface area contributed by atoms with Gasteiger partial charge in [0.15, 0.2) is 0 Å². The molecule has 0 bridgehead atoms. The molecule has 0 atom stereocenters. The first kappa shape index (κ1) is 22.6.